The Bertz CT molecular complexity index is 1310. The van der Waals surface area contributed by atoms with Crippen molar-refractivity contribution in [3.8, 4) is 6.07 Å². The predicted molar refractivity (Wildman–Crippen MR) is 108 cm³/mol. The number of nitriles is 1. The molecule has 1 saturated heterocycles. The third-order valence-corrected chi connectivity index (χ3v) is 8.75. The summed E-state index contributed by atoms with van der Waals surface area (Å²) in [4.78, 5) is 43.9. The molecule has 22 heteroatoms. The van der Waals surface area contributed by atoms with E-state index in [1.165, 1.54) is 13.1 Å². The van der Waals surface area contributed by atoms with Gasteiger partial charge in [0.2, 0.25) is 5.79 Å². The van der Waals surface area contributed by atoms with E-state index in [4.69, 9.17) is 25.0 Å². The molecular weight excluding hydrogens is 541 g/mol. The Labute approximate surface area is 195 Å². The van der Waals surface area contributed by atoms with Crippen LogP contribution in [0.15, 0.2) is 12.5 Å². The Balaban J connectivity index is 1.90. The zero-order valence-electron chi connectivity index (χ0n) is 17.7. The number of methoxy groups -OCH3 is 1. The summed E-state index contributed by atoms with van der Waals surface area (Å²) in [6.07, 6.45) is -1.10. The highest BCUT2D eigenvalue weighted by molar-refractivity contribution is 7.66. The van der Waals surface area contributed by atoms with E-state index in [1.54, 1.807) is 0 Å². The number of phosphoric acid groups is 3. The maximum absolute atomic E-state index is 12.0. The number of nitrogens with two attached hydrogens (primary N) is 1. The van der Waals surface area contributed by atoms with Crippen molar-refractivity contribution in [2.24, 2.45) is 5.41 Å². The maximum Gasteiger partial charge on any atom is 0.490 e. The molecule has 0 aromatic carbocycles. The van der Waals surface area contributed by atoms with Crippen LogP contribution in [0, 0.1) is 16.7 Å². The second-order valence-electron chi connectivity index (χ2n) is 7.15. The Morgan fingerprint density at radius 3 is 2.46 bits per heavy atom. The number of aromatic nitrogens is 4. The first-order valence-corrected chi connectivity index (χ1v) is 13.6. The number of phosphoric ester groups is 1. The number of anilines is 1. The molecule has 194 valence electrons. The van der Waals surface area contributed by atoms with Gasteiger partial charge in [0.25, 0.3) is 0 Å². The Morgan fingerprint density at radius 1 is 1.23 bits per heavy atom. The number of imidazole rings is 1. The van der Waals surface area contributed by atoms with Crippen LogP contribution in [-0.2, 0) is 42.1 Å². The van der Waals surface area contributed by atoms with Gasteiger partial charge in [-0.1, -0.05) is 0 Å². The number of aliphatic hydroxyl groups is 1. The highest BCUT2D eigenvalue weighted by Crippen LogP contribution is 2.66. The smallest absolute Gasteiger partial charge is 0.388 e. The SMILES string of the molecule is CO[C@@]1(c2cnc3c(N)ncnn23)O[C@H](COP(=O)(O)OP(=O)(O)OP(=O)(O)O)[C@@H](O)[C@@]1(C)C#N. The Morgan fingerprint density at radius 2 is 1.89 bits per heavy atom. The number of hydrogen-bond donors (Lipinski definition) is 6. The second-order valence-corrected chi connectivity index (χ2v) is 11.6. The molecule has 2 aromatic rings. The normalized spacial score (nSPS) is 30.6. The lowest BCUT2D eigenvalue weighted by Gasteiger charge is -2.36. The summed E-state index contributed by atoms with van der Waals surface area (Å²) < 4.78 is 58.4. The van der Waals surface area contributed by atoms with Gasteiger partial charge in [-0.15, -0.1) is 0 Å². The first kappa shape index (κ1) is 27.7. The van der Waals surface area contributed by atoms with Gasteiger partial charge in [-0.05, 0) is 6.92 Å². The van der Waals surface area contributed by atoms with E-state index in [0.717, 1.165) is 18.0 Å². The lowest BCUT2D eigenvalue weighted by Crippen LogP contribution is -2.47. The zero-order chi connectivity index (χ0) is 26.4. The minimum atomic E-state index is -5.77. The lowest BCUT2D eigenvalue weighted by atomic mass is 9.77. The van der Waals surface area contributed by atoms with Gasteiger partial charge in [0.1, 0.15) is 29.6 Å². The molecule has 3 rings (SSSR count). The van der Waals surface area contributed by atoms with Gasteiger partial charge in [-0.25, -0.2) is 28.2 Å². The van der Waals surface area contributed by atoms with Crippen molar-refractivity contribution in [2.45, 2.75) is 24.9 Å². The second kappa shape index (κ2) is 9.21. The fraction of sp³-hybridized carbons (Fsp3) is 0.538. The topological polar surface area (TPSA) is 291 Å². The summed E-state index contributed by atoms with van der Waals surface area (Å²) in [5, 5.41) is 24.7. The first-order valence-electron chi connectivity index (χ1n) is 9.06. The van der Waals surface area contributed by atoms with Gasteiger partial charge >= 0.3 is 23.5 Å². The monoisotopic (exact) mass is 560 g/mol. The molecule has 3 heterocycles. The summed E-state index contributed by atoms with van der Waals surface area (Å²) in [6, 6.07) is 1.87. The van der Waals surface area contributed by atoms with Crippen LogP contribution in [0.3, 0.4) is 0 Å². The number of aliphatic hydroxyl groups excluding tert-OH is 1. The van der Waals surface area contributed by atoms with E-state index >= 15 is 0 Å². The van der Waals surface area contributed by atoms with E-state index in [-0.39, 0.29) is 17.2 Å². The van der Waals surface area contributed by atoms with Crippen LogP contribution in [-0.4, -0.2) is 70.2 Å². The first-order chi connectivity index (χ1) is 16.0. The van der Waals surface area contributed by atoms with E-state index in [2.05, 4.69) is 28.2 Å². The maximum atomic E-state index is 12.0. The summed E-state index contributed by atoms with van der Waals surface area (Å²) in [5.74, 6) is -2.13. The van der Waals surface area contributed by atoms with E-state index in [0.29, 0.717) is 0 Å². The molecular formula is C13H19N6O13P3. The molecule has 2 aromatic heterocycles. The molecule has 35 heavy (non-hydrogen) atoms. The van der Waals surface area contributed by atoms with Crippen molar-refractivity contribution in [3.05, 3.63) is 18.2 Å². The number of fused-ring (bicyclic) bond motifs is 1. The Kier molecular flexibility index (Phi) is 7.30. The lowest BCUT2D eigenvalue weighted by molar-refractivity contribution is -0.258. The van der Waals surface area contributed by atoms with Crippen molar-refractivity contribution in [3.63, 3.8) is 0 Å². The predicted octanol–water partition coefficient (Wildman–Crippen LogP) is -0.861. The molecule has 19 nitrogen and oxygen atoms in total. The van der Waals surface area contributed by atoms with Crippen molar-refractivity contribution < 1.29 is 61.0 Å². The molecule has 6 atom stereocenters. The van der Waals surface area contributed by atoms with Crippen molar-refractivity contribution in [1.29, 1.82) is 5.26 Å². The third-order valence-electron chi connectivity index (χ3n) is 4.95. The van der Waals surface area contributed by atoms with Gasteiger partial charge in [0.15, 0.2) is 11.5 Å². The summed E-state index contributed by atoms with van der Waals surface area (Å²) in [7, 11) is -15.8. The van der Waals surface area contributed by atoms with Crippen LogP contribution in [0.5, 0.6) is 0 Å². The van der Waals surface area contributed by atoms with Crippen LogP contribution < -0.4 is 5.73 Å². The fourth-order valence-corrected chi connectivity index (χ4v) is 6.48. The van der Waals surface area contributed by atoms with Crippen LogP contribution >= 0.6 is 23.5 Å². The van der Waals surface area contributed by atoms with Crippen molar-refractivity contribution in [2.75, 3.05) is 19.5 Å². The quantitative estimate of drug-likeness (QED) is 0.203. The molecule has 0 spiro atoms. The number of rotatable bonds is 9. The molecule has 0 radical (unpaired) electrons. The standard InChI is InChI=1S/C13H19N6O13P3/c1-12(5-14)9(20)7(4-29-34(24,25)32-35(26,27)31-33(21,22)23)30-13(12,28-2)8-3-16-11-10(15)17-6-18-19(8)11/h3,6-7,9,20H,4H2,1-2H3,(H,24,25)(H,26,27)(H2,15,17,18)(H2,21,22,23)/t7-,9-,12-,13+/m1/s1. The number of nitrogens with zero attached hydrogens (tertiary/aromatic N) is 5. The van der Waals surface area contributed by atoms with Gasteiger partial charge in [0.05, 0.1) is 18.9 Å². The molecule has 1 aliphatic heterocycles. The van der Waals surface area contributed by atoms with Crippen LogP contribution in [0.4, 0.5) is 5.82 Å². The number of nitrogen functional groups attached to an aromatic ring is 1. The number of hydrogen-bond acceptors (Lipinski definition) is 14. The molecule has 0 saturated carbocycles. The minimum absolute atomic E-state index is 0.0203. The summed E-state index contributed by atoms with van der Waals surface area (Å²) in [5.41, 5.74) is 3.88. The summed E-state index contributed by atoms with van der Waals surface area (Å²) >= 11 is 0. The van der Waals surface area contributed by atoms with Crippen molar-refractivity contribution >= 4 is 34.9 Å². The molecule has 0 amide bonds. The average Bonchev–Trinajstić information content (AvgIpc) is 3.24. The van der Waals surface area contributed by atoms with Gasteiger partial charge in [-0.3, -0.25) is 4.52 Å². The van der Waals surface area contributed by atoms with E-state index in [9.17, 15) is 33.9 Å². The molecule has 0 bridgehead atoms. The van der Waals surface area contributed by atoms with E-state index in [1.807, 2.05) is 6.07 Å². The summed E-state index contributed by atoms with van der Waals surface area (Å²) in [6.45, 7) is 0.205. The molecule has 1 fully saturated rings. The largest absolute Gasteiger partial charge is 0.490 e. The van der Waals surface area contributed by atoms with E-state index < -0.39 is 53.5 Å². The fourth-order valence-electron chi connectivity index (χ4n) is 3.45. The highest BCUT2D eigenvalue weighted by Gasteiger charge is 2.67. The minimum Gasteiger partial charge on any atom is -0.388 e. The average molecular weight is 560 g/mol. The molecule has 7 N–H and O–H groups in total. The van der Waals surface area contributed by atoms with Gasteiger partial charge in [-0.2, -0.15) is 19.0 Å². The molecule has 1 aliphatic rings. The highest BCUT2D eigenvalue weighted by atomic mass is 31.3. The number of ether oxygens (including phenoxy) is 2. The van der Waals surface area contributed by atoms with Gasteiger partial charge in [0, 0.05) is 7.11 Å². The van der Waals surface area contributed by atoms with Crippen LogP contribution in [0.2, 0.25) is 0 Å². The molecule has 0 aliphatic carbocycles. The van der Waals surface area contributed by atoms with Gasteiger partial charge < -0.3 is 39.9 Å². The van der Waals surface area contributed by atoms with Crippen LogP contribution in [0.1, 0.15) is 12.6 Å². The van der Waals surface area contributed by atoms with Crippen LogP contribution in [0.25, 0.3) is 5.65 Å². The molecule has 2 unspecified atom stereocenters. The third kappa shape index (κ3) is 5.17. The van der Waals surface area contributed by atoms with Crippen molar-refractivity contribution in [1.82, 2.24) is 19.6 Å². The Hall–Kier alpha value is -1.87. The zero-order valence-corrected chi connectivity index (χ0v) is 20.4.